The van der Waals surface area contributed by atoms with Crippen LogP contribution in [0.1, 0.15) is 19.8 Å². The minimum atomic E-state index is -0.0646. The minimum absolute atomic E-state index is 0.0199. The van der Waals surface area contributed by atoms with Gasteiger partial charge in [-0.25, -0.2) is 4.68 Å². The van der Waals surface area contributed by atoms with Gasteiger partial charge in [0.1, 0.15) is 0 Å². The van der Waals surface area contributed by atoms with E-state index >= 15 is 0 Å². The maximum atomic E-state index is 11.7. The number of carbonyl (C=O) groups excluding carboxylic acids is 1. The SMILES string of the molecule is CC(N)CCC(=O)Nc1ccc(-n2cccn2)c(Cl)c1. The first-order valence-electron chi connectivity index (χ1n) is 6.41. The summed E-state index contributed by atoms with van der Waals surface area (Å²) in [6.45, 7) is 1.88. The molecule has 20 heavy (non-hydrogen) atoms. The van der Waals surface area contributed by atoms with E-state index in [1.54, 1.807) is 23.0 Å². The van der Waals surface area contributed by atoms with Gasteiger partial charge in [0.25, 0.3) is 0 Å². The number of hydrogen-bond donors (Lipinski definition) is 2. The molecule has 0 saturated heterocycles. The Morgan fingerprint density at radius 2 is 2.35 bits per heavy atom. The molecule has 1 aromatic carbocycles. The number of amides is 1. The predicted molar refractivity (Wildman–Crippen MR) is 80.1 cm³/mol. The lowest BCUT2D eigenvalue weighted by atomic mass is 10.2. The third-order valence-corrected chi connectivity index (χ3v) is 3.11. The lowest BCUT2D eigenvalue weighted by molar-refractivity contribution is -0.116. The molecular weight excluding hydrogens is 276 g/mol. The second kappa shape index (κ2) is 6.54. The molecule has 0 aliphatic rings. The van der Waals surface area contributed by atoms with Crippen molar-refractivity contribution < 1.29 is 4.79 Å². The highest BCUT2D eigenvalue weighted by Crippen LogP contribution is 2.24. The van der Waals surface area contributed by atoms with E-state index in [9.17, 15) is 4.79 Å². The van der Waals surface area contributed by atoms with Gasteiger partial charge in [0, 0.05) is 30.5 Å². The molecule has 0 radical (unpaired) electrons. The lowest BCUT2D eigenvalue weighted by Gasteiger charge is -2.09. The third-order valence-electron chi connectivity index (χ3n) is 2.81. The molecule has 2 rings (SSSR count). The summed E-state index contributed by atoms with van der Waals surface area (Å²) < 4.78 is 1.67. The van der Waals surface area contributed by atoms with Gasteiger partial charge in [-0.1, -0.05) is 11.6 Å². The summed E-state index contributed by atoms with van der Waals surface area (Å²) in [7, 11) is 0. The summed E-state index contributed by atoms with van der Waals surface area (Å²) in [6.07, 6.45) is 4.54. The number of nitrogens with zero attached hydrogens (tertiary/aromatic N) is 2. The lowest BCUT2D eigenvalue weighted by Crippen LogP contribution is -2.19. The Morgan fingerprint density at radius 1 is 1.55 bits per heavy atom. The molecule has 0 bridgehead atoms. The normalized spacial score (nSPS) is 12.2. The molecule has 1 heterocycles. The molecule has 6 heteroatoms. The molecule has 0 saturated carbocycles. The van der Waals surface area contributed by atoms with Crippen molar-refractivity contribution in [2.45, 2.75) is 25.8 Å². The molecule has 1 aromatic heterocycles. The Hall–Kier alpha value is -1.85. The van der Waals surface area contributed by atoms with E-state index in [0.717, 1.165) is 5.69 Å². The summed E-state index contributed by atoms with van der Waals surface area (Å²) in [5, 5.41) is 7.45. The van der Waals surface area contributed by atoms with Gasteiger partial charge in [-0.05, 0) is 37.6 Å². The molecule has 0 aliphatic heterocycles. The average molecular weight is 293 g/mol. The zero-order valence-electron chi connectivity index (χ0n) is 11.2. The molecule has 0 aliphatic carbocycles. The van der Waals surface area contributed by atoms with Crippen LogP contribution < -0.4 is 11.1 Å². The molecular formula is C14H17ClN4O. The summed E-state index contributed by atoms with van der Waals surface area (Å²) in [5.41, 5.74) is 7.06. The number of aromatic nitrogens is 2. The predicted octanol–water partition coefficient (Wildman–Crippen LogP) is 2.59. The second-order valence-corrected chi connectivity index (χ2v) is 5.09. The van der Waals surface area contributed by atoms with Crippen molar-refractivity contribution in [2.75, 3.05) is 5.32 Å². The van der Waals surface area contributed by atoms with E-state index in [1.807, 2.05) is 25.3 Å². The first kappa shape index (κ1) is 14.6. The van der Waals surface area contributed by atoms with E-state index in [4.69, 9.17) is 17.3 Å². The van der Waals surface area contributed by atoms with Crippen LogP contribution >= 0.6 is 11.6 Å². The molecule has 0 fully saturated rings. The monoisotopic (exact) mass is 292 g/mol. The van der Waals surface area contributed by atoms with Crippen LogP contribution in [0.15, 0.2) is 36.7 Å². The number of rotatable bonds is 5. The maximum Gasteiger partial charge on any atom is 0.224 e. The Bertz CT molecular complexity index is 581. The van der Waals surface area contributed by atoms with Gasteiger partial charge in [0.05, 0.1) is 10.7 Å². The van der Waals surface area contributed by atoms with Gasteiger partial charge in [-0.2, -0.15) is 5.10 Å². The van der Waals surface area contributed by atoms with Gasteiger partial charge in [-0.3, -0.25) is 4.79 Å². The Labute approximate surface area is 122 Å². The van der Waals surface area contributed by atoms with Gasteiger partial charge < -0.3 is 11.1 Å². The smallest absolute Gasteiger partial charge is 0.224 e. The first-order valence-corrected chi connectivity index (χ1v) is 6.79. The fourth-order valence-corrected chi connectivity index (χ4v) is 2.03. The quantitative estimate of drug-likeness (QED) is 0.889. The van der Waals surface area contributed by atoms with Gasteiger partial charge in [0.15, 0.2) is 0 Å². The second-order valence-electron chi connectivity index (χ2n) is 4.68. The summed E-state index contributed by atoms with van der Waals surface area (Å²) >= 11 is 6.20. The Kier molecular flexibility index (Phi) is 4.76. The number of halogens is 1. The largest absolute Gasteiger partial charge is 0.328 e. The highest BCUT2D eigenvalue weighted by molar-refractivity contribution is 6.32. The highest BCUT2D eigenvalue weighted by Gasteiger charge is 2.07. The number of carbonyl (C=O) groups is 1. The molecule has 5 nitrogen and oxygen atoms in total. The number of hydrogen-bond acceptors (Lipinski definition) is 3. The van der Waals surface area contributed by atoms with Crippen LogP contribution in [-0.2, 0) is 4.79 Å². The molecule has 106 valence electrons. The number of nitrogens with two attached hydrogens (primary N) is 1. The first-order chi connectivity index (χ1) is 9.56. The highest BCUT2D eigenvalue weighted by atomic mass is 35.5. The van der Waals surface area contributed by atoms with E-state index in [1.165, 1.54) is 0 Å². The van der Waals surface area contributed by atoms with Crippen LogP contribution in [0.4, 0.5) is 5.69 Å². The molecule has 3 N–H and O–H groups in total. The fourth-order valence-electron chi connectivity index (χ4n) is 1.76. The summed E-state index contributed by atoms with van der Waals surface area (Å²) in [5.74, 6) is -0.0646. The average Bonchev–Trinajstić information content (AvgIpc) is 2.90. The fraction of sp³-hybridized carbons (Fsp3) is 0.286. The van der Waals surface area contributed by atoms with Crippen LogP contribution in [0, 0.1) is 0 Å². The van der Waals surface area contributed by atoms with E-state index in [-0.39, 0.29) is 11.9 Å². The van der Waals surface area contributed by atoms with Gasteiger partial charge >= 0.3 is 0 Å². The zero-order valence-corrected chi connectivity index (χ0v) is 12.0. The minimum Gasteiger partial charge on any atom is -0.328 e. The van der Waals surface area contributed by atoms with E-state index in [2.05, 4.69) is 10.4 Å². The van der Waals surface area contributed by atoms with Crippen molar-refractivity contribution in [2.24, 2.45) is 5.73 Å². The van der Waals surface area contributed by atoms with Crippen molar-refractivity contribution in [1.82, 2.24) is 9.78 Å². The van der Waals surface area contributed by atoms with Crippen LogP contribution in [0.25, 0.3) is 5.69 Å². The Balaban J connectivity index is 2.04. The van der Waals surface area contributed by atoms with E-state index < -0.39 is 0 Å². The van der Waals surface area contributed by atoms with Crippen LogP contribution in [0.2, 0.25) is 5.02 Å². The maximum absolute atomic E-state index is 11.7. The number of anilines is 1. The Morgan fingerprint density at radius 3 is 2.95 bits per heavy atom. The summed E-state index contributed by atoms with van der Waals surface area (Å²) in [4.78, 5) is 11.7. The van der Waals surface area contributed by atoms with Crippen molar-refractivity contribution in [3.63, 3.8) is 0 Å². The number of nitrogens with one attached hydrogen (secondary N) is 1. The van der Waals surface area contributed by atoms with Gasteiger partial charge in [0.2, 0.25) is 5.91 Å². The van der Waals surface area contributed by atoms with Crippen molar-refractivity contribution >= 4 is 23.2 Å². The third kappa shape index (κ3) is 3.82. The van der Waals surface area contributed by atoms with Crippen LogP contribution in [0.3, 0.4) is 0 Å². The number of benzene rings is 1. The van der Waals surface area contributed by atoms with E-state index in [0.29, 0.717) is 23.6 Å². The topological polar surface area (TPSA) is 72.9 Å². The molecule has 1 atom stereocenters. The van der Waals surface area contributed by atoms with Crippen LogP contribution in [-0.4, -0.2) is 21.7 Å². The molecule has 0 spiro atoms. The van der Waals surface area contributed by atoms with Crippen molar-refractivity contribution in [3.8, 4) is 5.69 Å². The van der Waals surface area contributed by atoms with Crippen LogP contribution in [0.5, 0.6) is 0 Å². The van der Waals surface area contributed by atoms with Crippen molar-refractivity contribution in [3.05, 3.63) is 41.7 Å². The van der Waals surface area contributed by atoms with Crippen molar-refractivity contribution in [1.29, 1.82) is 0 Å². The summed E-state index contributed by atoms with van der Waals surface area (Å²) in [6, 6.07) is 7.16. The van der Waals surface area contributed by atoms with Gasteiger partial charge in [-0.15, -0.1) is 0 Å². The molecule has 1 unspecified atom stereocenters. The molecule has 2 aromatic rings. The molecule has 1 amide bonds. The zero-order chi connectivity index (χ0) is 14.5. The standard InChI is InChI=1S/C14H17ClN4O/c1-10(16)3-6-14(20)18-11-4-5-13(12(15)9-11)19-8-2-7-17-19/h2,4-5,7-10H,3,6,16H2,1H3,(H,18,20).